The quantitative estimate of drug-likeness (QED) is 0.661. The average Bonchev–Trinajstić information content (AvgIpc) is 2.44. The van der Waals surface area contributed by atoms with Gasteiger partial charge in [0.05, 0.1) is 6.20 Å². The fourth-order valence-corrected chi connectivity index (χ4v) is 1.61. The Morgan fingerprint density at radius 1 is 1.33 bits per heavy atom. The number of nitrogens with two attached hydrogens (primary N) is 2. The van der Waals surface area contributed by atoms with Crippen LogP contribution >= 0.6 is 0 Å². The van der Waals surface area contributed by atoms with Crippen LogP contribution in [0.25, 0.3) is 0 Å². The second-order valence-electron chi connectivity index (χ2n) is 4.35. The molecule has 1 atom stereocenters. The van der Waals surface area contributed by atoms with Gasteiger partial charge in [0.25, 0.3) is 0 Å². The molecule has 8 heteroatoms. The van der Waals surface area contributed by atoms with Crippen LogP contribution in [0.15, 0.2) is 41.3 Å². The van der Waals surface area contributed by atoms with Crippen LogP contribution in [0.5, 0.6) is 5.75 Å². The SMILES string of the molecule is Nc1ccn(OC(=O)[C@@H](N)Cc2ccc(O)cc2)c(=O)n1. The van der Waals surface area contributed by atoms with Crippen LogP contribution in [-0.4, -0.2) is 26.8 Å². The molecule has 0 aliphatic heterocycles. The molecule has 0 saturated carbocycles. The number of phenolic OH excluding ortho intramolecular Hbond substituents is 1. The Hall–Kier alpha value is -2.87. The van der Waals surface area contributed by atoms with Gasteiger partial charge in [0.15, 0.2) is 0 Å². The van der Waals surface area contributed by atoms with Crippen molar-refractivity contribution in [1.82, 2.24) is 9.71 Å². The molecular formula is C13H14N4O4. The Morgan fingerprint density at radius 2 is 2.00 bits per heavy atom. The van der Waals surface area contributed by atoms with E-state index in [0.717, 1.165) is 5.56 Å². The summed E-state index contributed by atoms with van der Waals surface area (Å²) in [5.74, 6) is -0.633. The lowest BCUT2D eigenvalue weighted by Gasteiger charge is -2.11. The fourth-order valence-electron chi connectivity index (χ4n) is 1.61. The van der Waals surface area contributed by atoms with E-state index in [4.69, 9.17) is 21.4 Å². The molecule has 0 fully saturated rings. The molecule has 1 aromatic heterocycles. The van der Waals surface area contributed by atoms with Crippen molar-refractivity contribution in [2.75, 3.05) is 5.73 Å². The van der Waals surface area contributed by atoms with Gasteiger partial charge in [0, 0.05) is 6.07 Å². The Bertz CT molecular complexity index is 696. The molecule has 110 valence electrons. The molecule has 0 radical (unpaired) electrons. The van der Waals surface area contributed by atoms with E-state index in [1.54, 1.807) is 12.1 Å². The molecule has 0 unspecified atom stereocenters. The van der Waals surface area contributed by atoms with Crippen LogP contribution in [0.3, 0.4) is 0 Å². The van der Waals surface area contributed by atoms with E-state index >= 15 is 0 Å². The van der Waals surface area contributed by atoms with Crippen LogP contribution in [0, 0.1) is 0 Å². The summed E-state index contributed by atoms with van der Waals surface area (Å²) in [5, 5.41) is 9.17. The zero-order valence-corrected chi connectivity index (χ0v) is 11.0. The van der Waals surface area contributed by atoms with Crippen molar-refractivity contribution in [3.63, 3.8) is 0 Å². The van der Waals surface area contributed by atoms with E-state index in [0.29, 0.717) is 4.73 Å². The van der Waals surface area contributed by atoms with Crippen LogP contribution in [0.4, 0.5) is 5.82 Å². The predicted molar refractivity (Wildman–Crippen MR) is 74.3 cm³/mol. The molecule has 5 N–H and O–H groups in total. The Morgan fingerprint density at radius 3 is 2.62 bits per heavy atom. The molecule has 1 aromatic carbocycles. The highest BCUT2D eigenvalue weighted by Crippen LogP contribution is 2.10. The number of anilines is 1. The maximum Gasteiger partial charge on any atom is 0.382 e. The van der Waals surface area contributed by atoms with Gasteiger partial charge in [-0.25, -0.2) is 9.59 Å². The first-order valence-electron chi connectivity index (χ1n) is 6.06. The number of hydrogen-bond acceptors (Lipinski definition) is 7. The number of rotatable bonds is 4. The first kappa shape index (κ1) is 14.5. The molecule has 0 saturated heterocycles. The van der Waals surface area contributed by atoms with Crippen molar-refractivity contribution in [3.05, 3.63) is 52.6 Å². The summed E-state index contributed by atoms with van der Waals surface area (Å²) in [6.45, 7) is 0. The molecule has 0 amide bonds. The number of carbonyl (C=O) groups is 1. The lowest BCUT2D eigenvalue weighted by atomic mass is 10.1. The van der Waals surface area contributed by atoms with Gasteiger partial charge in [-0.1, -0.05) is 12.1 Å². The second-order valence-corrected chi connectivity index (χ2v) is 4.35. The summed E-state index contributed by atoms with van der Waals surface area (Å²) >= 11 is 0. The van der Waals surface area contributed by atoms with E-state index in [1.807, 2.05) is 0 Å². The average molecular weight is 290 g/mol. The number of carbonyl (C=O) groups excluding carboxylic acids is 1. The number of aromatic nitrogens is 2. The molecule has 2 rings (SSSR count). The minimum Gasteiger partial charge on any atom is -0.508 e. The number of nitrogen functional groups attached to an aromatic ring is 1. The molecule has 0 aliphatic rings. The van der Waals surface area contributed by atoms with Crippen molar-refractivity contribution in [3.8, 4) is 5.75 Å². The van der Waals surface area contributed by atoms with Crippen molar-refractivity contribution in [2.24, 2.45) is 5.73 Å². The van der Waals surface area contributed by atoms with E-state index in [-0.39, 0.29) is 18.0 Å². The Balaban J connectivity index is 2.02. The topological polar surface area (TPSA) is 133 Å². The first-order valence-corrected chi connectivity index (χ1v) is 6.06. The van der Waals surface area contributed by atoms with Crippen LogP contribution in [0.2, 0.25) is 0 Å². The summed E-state index contributed by atoms with van der Waals surface area (Å²) in [4.78, 5) is 31.5. The lowest BCUT2D eigenvalue weighted by molar-refractivity contribution is -0.146. The fraction of sp³-hybridized carbons (Fsp3) is 0.154. The number of aromatic hydroxyl groups is 1. The minimum atomic E-state index is -0.959. The molecule has 0 aliphatic carbocycles. The molecule has 8 nitrogen and oxygen atoms in total. The van der Waals surface area contributed by atoms with E-state index in [9.17, 15) is 9.59 Å². The van der Waals surface area contributed by atoms with Gasteiger partial charge in [0.1, 0.15) is 17.6 Å². The van der Waals surface area contributed by atoms with Gasteiger partial charge in [-0.05, 0) is 24.1 Å². The van der Waals surface area contributed by atoms with Crippen molar-refractivity contribution in [1.29, 1.82) is 0 Å². The van der Waals surface area contributed by atoms with Crippen molar-refractivity contribution < 1.29 is 14.7 Å². The van der Waals surface area contributed by atoms with Gasteiger partial charge < -0.3 is 21.4 Å². The zero-order chi connectivity index (χ0) is 15.4. The van der Waals surface area contributed by atoms with Crippen molar-refractivity contribution in [2.45, 2.75) is 12.5 Å². The minimum absolute atomic E-state index is 0.0284. The van der Waals surface area contributed by atoms with Gasteiger partial charge in [0.2, 0.25) is 0 Å². The summed E-state index contributed by atoms with van der Waals surface area (Å²) in [7, 11) is 0. The zero-order valence-electron chi connectivity index (χ0n) is 11.0. The Labute approximate surface area is 119 Å². The highest BCUT2D eigenvalue weighted by molar-refractivity contribution is 5.76. The summed E-state index contributed by atoms with van der Waals surface area (Å²) < 4.78 is 0.662. The van der Waals surface area contributed by atoms with E-state index in [2.05, 4.69) is 4.98 Å². The second kappa shape index (κ2) is 6.06. The molecule has 2 aromatic rings. The van der Waals surface area contributed by atoms with Crippen LogP contribution in [0.1, 0.15) is 5.56 Å². The third-order valence-electron chi connectivity index (χ3n) is 2.68. The standard InChI is InChI=1S/C13H14N4O4/c14-10(7-8-1-3-9(18)4-2-8)12(19)21-17-6-5-11(15)16-13(17)20/h1-6,10,18H,7,14H2,(H2,15,16,20)/t10-/m0/s1. The largest absolute Gasteiger partial charge is 0.508 e. The summed E-state index contributed by atoms with van der Waals surface area (Å²) in [6, 6.07) is 6.61. The number of benzene rings is 1. The van der Waals surface area contributed by atoms with Crippen LogP contribution < -0.4 is 22.0 Å². The summed E-state index contributed by atoms with van der Waals surface area (Å²) in [6.07, 6.45) is 1.39. The van der Waals surface area contributed by atoms with Gasteiger partial charge in [-0.3, -0.25) is 0 Å². The predicted octanol–water partition coefficient (Wildman–Crippen LogP) is -0.944. The Kier molecular flexibility index (Phi) is 4.19. The molecule has 0 spiro atoms. The molecule has 0 bridgehead atoms. The third kappa shape index (κ3) is 3.80. The maximum atomic E-state index is 11.8. The van der Waals surface area contributed by atoms with Gasteiger partial charge >= 0.3 is 11.7 Å². The molecule has 1 heterocycles. The number of nitrogens with zero attached hydrogens (tertiary/aromatic N) is 2. The highest BCUT2D eigenvalue weighted by atomic mass is 16.7. The molecule has 21 heavy (non-hydrogen) atoms. The number of hydrogen-bond donors (Lipinski definition) is 3. The van der Waals surface area contributed by atoms with Crippen molar-refractivity contribution >= 4 is 11.8 Å². The lowest BCUT2D eigenvalue weighted by Crippen LogP contribution is -2.42. The third-order valence-corrected chi connectivity index (χ3v) is 2.68. The summed E-state index contributed by atoms with van der Waals surface area (Å²) in [5.41, 5.74) is 11.0. The number of phenols is 1. The smallest absolute Gasteiger partial charge is 0.382 e. The highest BCUT2D eigenvalue weighted by Gasteiger charge is 2.17. The normalized spacial score (nSPS) is 11.9. The van der Waals surface area contributed by atoms with Crippen LogP contribution in [-0.2, 0) is 11.2 Å². The van der Waals surface area contributed by atoms with E-state index < -0.39 is 17.7 Å². The first-order chi connectivity index (χ1) is 9.95. The monoisotopic (exact) mass is 290 g/mol. The molecular weight excluding hydrogens is 276 g/mol. The van der Waals surface area contributed by atoms with Gasteiger partial charge in [-0.15, -0.1) is 4.73 Å². The van der Waals surface area contributed by atoms with E-state index in [1.165, 1.54) is 24.4 Å². The maximum absolute atomic E-state index is 11.8. The van der Waals surface area contributed by atoms with Gasteiger partial charge in [-0.2, -0.15) is 4.98 Å².